The van der Waals surface area contributed by atoms with Gasteiger partial charge in [-0.3, -0.25) is 0 Å². The first-order valence-electron chi connectivity index (χ1n) is 5.78. The van der Waals surface area contributed by atoms with Crippen molar-refractivity contribution in [2.24, 2.45) is 0 Å². The third kappa shape index (κ3) is 3.52. The minimum absolute atomic E-state index is 0.149. The number of carboxylic acids is 1. The van der Waals surface area contributed by atoms with Crippen molar-refractivity contribution >= 4 is 29.3 Å². The first-order valence-corrected chi connectivity index (χ1v) is 7.14. The molecule has 0 atom stereocenters. The average molecular weight is 293 g/mol. The van der Waals surface area contributed by atoms with Crippen LogP contribution in [-0.4, -0.2) is 11.1 Å². The third-order valence-corrected chi connectivity index (χ3v) is 4.20. The molecule has 0 heterocycles. The van der Waals surface area contributed by atoms with E-state index in [1.54, 1.807) is 23.9 Å². The molecular formula is C15H13ClO2S. The molecule has 0 spiro atoms. The average Bonchev–Trinajstić information content (AvgIpc) is 2.39. The number of rotatable bonds is 4. The second-order valence-electron chi connectivity index (χ2n) is 4.16. The predicted molar refractivity (Wildman–Crippen MR) is 79.2 cm³/mol. The van der Waals surface area contributed by atoms with Crippen molar-refractivity contribution in [3.8, 4) is 0 Å². The molecule has 1 N–H and O–H groups in total. The third-order valence-electron chi connectivity index (χ3n) is 2.82. The number of carboxylic acid groups (broad SMARTS) is 1. The van der Waals surface area contributed by atoms with Crippen molar-refractivity contribution in [2.75, 3.05) is 0 Å². The number of carbonyl (C=O) groups is 1. The summed E-state index contributed by atoms with van der Waals surface area (Å²) in [6.07, 6.45) is 0. The minimum atomic E-state index is -0.997. The number of hydrogen-bond acceptors (Lipinski definition) is 2. The molecule has 2 aromatic carbocycles. The van der Waals surface area contributed by atoms with Crippen LogP contribution in [0.5, 0.6) is 0 Å². The highest BCUT2D eigenvalue weighted by Crippen LogP contribution is 2.28. The van der Waals surface area contributed by atoms with E-state index in [0.29, 0.717) is 0 Å². The molecule has 0 saturated carbocycles. The van der Waals surface area contributed by atoms with Crippen molar-refractivity contribution in [1.29, 1.82) is 0 Å². The van der Waals surface area contributed by atoms with Gasteiger partial charge in [0, 0.05) is 10.6 Å². The van der Waals surface area contributed by atoms with E-state index in [0.717, 1.165) is 10.6 Å². The zero-order valence-electron chi connectivity index (χ0n) is 10.4. The van der Waals surface area contributed by atoms with Crippen molar-refractivity contribution in [1.82, 2.24) is 0 Å². The Balaban J connectivity index is 2.14. The summed E-state index contributed by atoms with van der Waals surface area (Å²) in [6, 6.07) is 13.3. The Morgan fingerprint density at radius 2 is 2.00 bits per heavy atom. The summed E-state index contributed by atoms with van der Waals surface area (Å²) in [4.78, 5) is 11.9. The van der Waals surface area contributed by atoms with Gasteiger partial charge in [0.25, 0.3) is 0 Å². The van der Waals surface area contributed by atoms with Gasteiger partial charge in [-0.15, -0.1) is 11.8 Å². The fraction of sp³-hybridized carbons (Fsp3) is 0.133. The number of benzene rings is 2. The highest BCUT2D eigenvalue weighted by molar-refractivity contribution is 7.98. The van der Waals surface area contributed by atoms with Gasteiger partial charge in [-0.05, 0) is 36.2 Å². The first-order chi connectivity index (χ1) is 9.08. The van der Waals surface area contributed by atoms with Crippen molar-refractivity contribution in [2.45, 2.75) is 17.6 Å². The van der Waals surface area contributed by atoms with E-state index in [1.165, 1.54) is 11.1 Å². The van der Waals surface area contributed by atoms with Gasteiger partial charge >= 0.3 is 5.97 Å². The minimum Gasteiger partial charge on any atom is -0.478 e. The summed E-state index contributed by atoms with van der Waals surface area (Å²) in [5.41, 5.74) is 2.64. The molecule has 2 rings (SSSR count). The van der Waals surface area contributed by atoms with Crippen LogP contribution in [0.15, 0.2) is 47.4 Å². The fourth-order valence-corrected chi connectivity index (χ4v) is 2.90. The first kappa shape index (κ1) is 14.0. The molecule has 4 heteroatoms. The Morgan fingerprint density at radius 1 is 1.26 bits per heavy atom. The molecule has 0 aromatic heterocycles. The molecule has 2 nitrogen and oxygen atoms in total. The largest absolute Gasteiger partial charge is 0.478 e. The highest BCUT2D eigenvalue weighted by atomic mass is 35.5. The van der Waals surface area contributed by atoms with Gasteiger partial charge in [0.1, 0.15) is 0 Å². The zero-order chi connectivity index (χ0) is 13.8. The topological polar surface area (TPSA) is 37.3 Å². The lowest BCUT2D eigenvalue weighted by molar-refractivity contribution is 0.0697. The van der Waals surface area contributed by atoms with Crippen molar-refractivity contribution < 1.29 is 9.90 Å². The van der Waals surface area contributed by atoms with Gasteiger partial charge in [-0.1, -0.05) is 35.9 Å². The monoisotopic (exact) mass is 292 g/mol. The number of aryl methyl sites for hydroxylation is 1. The van der Waals surface area contributed by atoms with Gasteiger partial charge in [0.2, 0.25) is 0 Å². The quantitative estimate of drug-likeness (QED) is 0.834. The van der Waals surface area contributed by atoms with Gasteiger partial charge in [-0.2, -0.15) is 0 Å². The number of hydrogen-bond donors (Lipinski definition) is 1. The Morgan fingerprint density at radius 3 is 2.68 bits per heavy atom. The number of halogens is 1. The van der Waals surface area contributed by atoms with E-state index in [1.807, 2.05) is 18.2 Å². The van der Waals surface area contributed by atoms with E-state index < -0.39 is 5.97 Å². The van der Waals surface area contributed by atoms with Crippen LogP contribution >= 0.6 is 23.4 Å². The SMILES string of the molecule is Cc1ccccc1CSc1ccc(Cl)c(C(=O)O)c1. The zero-order valence-corrected chi connectivity index (χ0v) is 12.0. The summed E-state index contributed by atoms with van der Waals surface area (Å²) in [7, 11) is 0. The van der Waals surface area contributed by atoms with Crippen molar-refractivity contribution in [3.05, 3.63) is 64.2 Å². The molecule has 0 aliphatic rings. The van der Waals surface area contributed by atoms with Crippen molar-refractivity contribution in [3.63, 3.8) is 0 Å². The number of thioether (sulfide) groups is 1. The summed E-state index contributed by atoms with van der Waals surface area (Å²) < 4.78 is 0. The molecule has 0 aliphatic carbocycles. The van der Waals surface area contributed by atoms with E-state index in [-0.39, 0.29) is 10.6 Å². The molecule has 0 aliphatic heterocycles. The molecule has 0 fully saturated rings. The molecule has 0 unspecified atom stereocenters. The van der Waals surface area contributed by atoms with E-state index in [9.17, 15) is 4.79 Å². The van der Waals surface area contributed by atoms with Crippen LogP contribution < -0.4 is 0 Å². The maximum absolute atomic E-state index is 11.0. The summed E-state index contributed by atoms with van der Waals surface area (Å²) in [5, 5.41) is 9.30. The predicted octanol–water partition coefficient (Wildman–Crippen LogP) is 4.64. The van der Waals surface area contributed by atoms with Crippen LogP contribution in [0.1, 0.15) is 21.5 Å². The smallest absolute Gasteiger partial charge is 0.337 e. The maximum atomic E-state index is 11.0. The molecule has 0 radical (unpaired) electrons. The van der Waals surface area contributed by atoms with Crippen LogP contribution in [0, 0.1) is 6.92 Å². The standard InChI is InChI=1S/C15H13ClO2S/c1-10-4-2-3-5-11(10)9-19-12-6-7-14(16)13(8-12)15(17)18/h2-8H,9H2,1H3,(H,17,18). The van der Waals surface area contributed by atoms with Gasteiger partial charge in [0.05, 0.1) is 10.6 Å². The Kier molecular flexibility index (Phi) is 4.51. The van der Waals surface area contributed by atoms with Gasteiger partial charge in [0.15, 0.2) is 0 Å². The maximum Gasteiger partial charge on any atom is 0.337 e. The summed E-state index contributed by atoms with van der Waals surface area (Å²) in [5.74, 6) is -0.184. The molecular weight excluding hydrogens is 280 g/mol. The Bertz CT molecular complexity index is 611. The van der Waals surface area contributed by atoms with E-state index >= 15 is 0 Å². The van der Waals surface area contributed by atoms with Gasteiger partial charge < -0.3 is 5.11 Å². The van der Waals surface area contributed by atoms with E-state index in [4.69, 9.17) is 16.7 Å². The normalized spacial score (nSPS) is 10.4. The lowest BCUT2D eigenvalue weighted by atomic mass is 10.1. The van der Waals surface area contributed by atoms with E-state index in [2.05, 4.69) is 19.1 Å². The Hall–Kier alpha value is -1.45. The fourth-order valence-electron chi connectivity index (χ4n) is 1.69. The number of aromatic carboxylic acids is 1. The van der Waals surface area contributed by atoms with Crippen LogP contribution in [0.2, 0.25) is 5.02 Å². The molecule has 0 saturated heterocycles. The molecule has 0 bridgehead atoms. The van der Waals surface area contributed by atoms with Crippen LogP contribution in [-0.2, 0) is 5.75 Å². The van der Waals surface area contributed by atoms with Crippen LogP contribution in [0.4, 0.5) is 0 Å². The molecule has 0 amide bonds. The molecule has 19 heavy (non-hydrogen) atoms. The molecule has 98 valence electrons. The highest BCUT2D eigenvalue weighted by Gasteiger charge is 2.09. The lowest BCUT2D eigenvalue weighted by Gasteiger charge is -2.07. The van der Waals surface area contributed by atoms with Crippen LogP contribution in [0.3, 0.4) is 0 Å². The molecule has 2 aromatic rings. The summed E-state index contributed by atoms with van der Waals surface area (Å²) in [6.45, 7) is 2.07. The summed E-state index contributed by atoms with van der Waals surface area (Å²) >= 11 is 7.45. The second-order valence-corrected chi connectivity index (χ2v) is 5.62. The van der Waals surface area contributed by atoms with Crippen LogP contribution in [0.25, 0.3) is 0 Å². The Labute approximate surface area is 121 Å². The lowest BCUT2D eigenvalue weighted by Crippen LogP contribution is -1.97. The van der Waals surface area contributed by atoms with Gasteiger partial charge in [-0.25, -0.2) is 4.79 Å². The second kappa shape index (κ2) is 6.13.